The molecule has 0 fully saturated rings. The van der Waals surface area contributed by atoms with E-state index in [1.165, 1.54) is 19.2 Å². The Bertz CT molecular complexity index is 866. The van der Waals surface area contributed by atoms with Gasteiger partial charge in [-0.3, -0.25) is 5.01 Å². The molecule has 7 nitrogen and oxygen atoms in total. The van der Waals surface area contributed by atoms with Gasteiger partial charge in [0.15, 0.2) is 0 Å². The maximum atomic E-state index is 12.2. The summed E-state index contributed by atoms with van der Waals surface area (Å²) in [5.41, 5.74) is 1.60. The van der Waals surface area contributed by atoms with Crippen molar-refractivity contribution >= 4 is 23.3 Å². The zero-order valence-corrected chi connectivity index (χ0v) is 15.0. The summed E-state index contributed by atoms with van der Waals surface area (Å²) in [6, 6.07) is 15.3. The van der Waals surface area contributed by atoms with E-state index in [4.69, 9.17) is 9.47 Å². The Morgan fingerprint density at radius 1 is 1.04 bits per heavy atom. The van der Waals surface area contributed by atoms with Gasteiger partial charge in [-0.15, -0.1) is 0 Å². The number of rotatable bonds is 5. The first-order valence-corrected chi connectivity index (χ1v) is 8.42. The highest BCUT2D eigenvalue weighted by Crippen LogP contribution is 2.34. The van der Waals surface area contributed by atoms with Gasteiger partial charge in [0.1, 0.15) is 11.8 Å². The molecule has 7 heteroatoms. The summed E-state index contributed by atoms with van der Waals surface area (Å²) in [6.07, 6.45) is -0.749. The van der Waals surface area contributed by atoms with Gasteiger partial charge in [-0.2, -0.15) is 5.10 Å². The number of ether oxygens (including phenoxy) is 2. The van der Waals surface area contributed by atoms with Gasteiger partial charge >= 0.3 is 11.9 Å². The van der Waals surface area contributed by atoms with Crippen LogP contribution >= 0.6 is 0 Å². The Morgan fingerprint density at radius 2 is 1.67 bits per heavy atom. The molecule has 0 aliphatic carbocycles. The van der Waals surface area contributed by atoms with E-state index < -0.39 is 24.1 Å². The van der Waals surface area contributed by atoms with Crippen LogP contribution in [-0.4, -0.2) is 43.0 Å². The molecule has 0 saturated carbocycles. The second kappa shape index (κ2) is 8.01. The van der Waals surface area contributed by atoms with Crippen molar-refractivity contribution in [3.05, 3.63) is 65.7 Å². The van der Waals surface area contributed by atoms with E-state index in [2.05, 4.69) is 5.10 Å². The fourth-order valence-corrected chi connectivity index (χ4v) is 3.08. The molecule has 1 heterocycles. The lowest BCUT2D eigenvalue weighted by Crippen LogP contribution is -2.34. The van der Waals surface area contributed by atoms with Crippen molar-refractivity contribution in [2.24, 2.45) is 5.10 Å². The van der Waals surface area contributed by atoms with E-state index in [9.17, 15) is 14.7 Å². The van der Waals surface area contributed by atoms with Gasteiger partial charge in [-0.05, 0) is 17.7 Å². The standard InChI is InChI=1S/C20H20N2O5/c1-26-19(24)14-10-6-7-11-16(14)22-17(12-15(21-22)20(25)27-2)18(23)13-8-4-3-5-9-13/h3-11,17-18,23H,12H2,1-2H3/t17-,18+/m1/s1. The summed E-state index contributed by atoms with van der Waals surface area (Å²) >= 11 is 0. The number of anilines is 1. The summed E-state index contributed by atoms with van der Waals surface area (Å²) in [6.45, 7) is 0. The molecule has 0 bridgehead atoms. The average Bonchev–Trinajstić information content (AvgIpc) is 3.18. The summed E-state index contributed by atoms with van der Waals surface area (Å²) in [5.74, 6) is -1.10. The van der Waals surface area contributed by atoms with Gasteiger partial charge in [-0.25, -0.2) is 9.59 Å². The molecule has 2 atom stereocenters. The number of methoxy groups -OCH3 is 2. The maximum absolute atomic E-state index is 12.2. The van der Waals surface area contributed by atoms with Crippen LogP contribution in [0.4, 0.5) is 5.69 Å². The van der Waals surface area contributed by atoms with Gasteiger partial charge in [0, 0.05) is 6.42 Å². The highest BCUT2D eigenvalue weighted by atomic mass is 16.5. The number of aliphatic hydroxyl groups is 1. The van der Waals surface area contributed by atoms with Crippen LogP contribution < -0.4 is 5.01 Å². The Kier molecular flexibility index (Phi) is 5.52. The van der Waals surface area contributed by atoms with Gasteiger partial charge in [0.05, 0.1) is 31.5 Å². The molecule has 3 rings (SSSR count). The maximum Gasteiger partial charge on any atom is 0.354 e. The Balaban J connectivity index is 2.04. The third kappa shape index (κ3) is 3.68. The molecule has 2 aromatic rings. The molecular weight excluding hydrogens is 348 g/mol. The molecule has 1 N–H and O–H groups in total. The van der Waals surface area contributed by atoms with E-state index in [1.54, 1.807) is 36.4 Å². The lowest BCUT2D eigenvalue weighted by Gasteiger charge is -2.29. The van der Waals surface area contributed by atoms with Crippen molar-refractivity contribution in [1.29, 1.82) is 0 Å². The van der Waals surface area contributed by atoms with Gasteiger partial charge in [0.25, 0.3) is 0 Å². The highest BCUT2D eigenvalue weighted by Gasteiger charge is 2.38. The summed E-state index contributed by atoms with van der Waals surface area (Å²) in [5, 5.41) is 16.8. The fraction of sp³-hybridized carbons (Fsp3) is 0.250. The van der Waals surface area contributed by atoms with E-state index >= 15 is 0 Å². The number of esters is 2. The number of carbonyl (C=O) groups excluding carboxylic acids is 2. The van der Waals surface area contributed by atoms with Crippen LogP contribution in [0.15, 0.2) is 59.7 Å². The quantitative estimate of drug-likeness (QED) is 0.815. The van der Waals surface area contributed by atoms with Crippen LogP contribution in [0.3, 0.4) is 0 Å². The molecule has 0 unspecified atom stereocenters. The predicted molar refractivity (Wildman–Crippen MR) is 99.5 cm³/mol. The largest absolute Gasteiger partial charge is 0.465 e. The smallest absolute Gasteiger partial charge is 0.354 e. The van der Waals surface area contributed by atoms with Crippen LogP contribution in [0, 0.1) is 0 Å². The van der Waals surface area contributed by atoms with Gasteiger partial charge in [-0.1, -0.05) is 42.5 Å². The first-order chi connectivity index (χ1) is 13.1. The van der Waals surface area contributed by atoms with Crippen LogP contribution in [0.25, 0.3) is 0 Å². The number of hydrogen-bond acceptors (Lipinski definition) is 7. The first-order valence-electron chi connectivity index (χ1n) is 8.42. The minimum Gasteiger partial charge on any atom is -0.465 e. The van der Waals surface area contributed by atoms with Crippen molar-refractivity contribution in [3.8, 4) is 0 Å². The van der Waals surface area contributed by atoms with Crippen molar-refractivity contribution < 1.29 is 24.2 Å². The normalized spacial score (nSPS) is 17.2. The monoisotopic (exact) mass is 368 g/mol. The Morgan fingerprint density at radius 3 is 2.33 bits per heavy atom. The molecule has 1 aliphatic rings. The van der Waals surface area contributed by atoms with Crippen molar-refractivity contribution in [1.82, 2.24) is 0 Å². The molecule has 0 radical (unpaired) electrons. The summed E-state index contributed by atoms with van der Waals surface area (Å²) in [7, 11) is 2.57. The average molecular weight is 368 g/mol. The Labute approximate surface area is 156 Å². The SMILES string of the molecule is COC(=O)C1=NN(c2ccccc2C(=O)OC)[C@@H]([C@@H](O)c2ccccc2)C1. The molecule has 140 valence electrons. The van der Waals surface area contributed by atoms with Crippen molar-refractivity contribution in [3.63, 3.8) is 0 Å². The van der Waals surface area contributed by atoms with Gasteiger partial charge in [0.2, 0.25) is 0 Å². The third-order valence-electron chi connectivity index (χ3n) is 4.43. The van der Waals surface area contributed by atoms with E-state index in [0.717, 1.165) is 0 Å². The lowest BCUT2D eigenvalue weighted by atomic mass is 9.97. The number of para-hydroxylation sites is 1. The molecule has 27 heavy (non-hydrogen) atoms. The Hall–Kier alpha value is -3.19. The minimum atomic E-state index is -0.928. The number of aliphatic hydroxyl groups excluding tert-OH is 1. The van der Waals surface area contributed by atoms with Crippen molar-refractivity contribution in [2.75, 3.05) is 19.2 Å². The number of carbonyl (C=O) groups is 2. The second-order valence-corrected chi connectivity index (χ2v) is 6.02. The number of benzene rings is 2. The van der Waals surface area contributed by atoms with Crippen LogP contribution in [0.5, 0.6) is 0 Å². The fourth-order valence-electron chi connectivity index (χ4n) is 3.08. The zero-order chi connectivity index (χ0) is 19.4. The summed E-state index contributed by atoms with van der Waals surface area (Å²) < 4.78 is 9.63. The number of hydrogen-bond donors (Lipinski definition) is 1. The van der Waals surface area contributed by atoms with Crippen LogP contribution in [-0.2, 0) is 14.3 Å². The third-order valence-corrected chi connectivity index (χ3v) is 4.43. The highest BCUT2D eigenvalue weighted by molar-refractivity contribution is 6.37. The molecule has 1 aliphatic heterocycles. The minimum absolute atomic E-state index is 0.178. The zero-order valence-electron chi connectivity index (χ0n) is 15.0. The molecule has 0 aromatic heterocycles. The molecule has 0 spiro atoms. The molecule has 0 amide bonds. The van der Waals surface area contributed by atoms with Gasteiger partial charge < -0.3 is 14.6 Å². The second-order valence-electron chi connectivity index (χ2n) is 6.02. The predicted octanol–water partition coefficient (Wildman–Crippen LogP) is 2.31. The van der Waals surface area contributed by atoms with Crippen molar-refractivity contribution in [2.45, 2.75) is 18.6 Å². The van der Waals surface area contributed by atoms with E-state index in [0.29, 0.717) is 16.8 Å². The molecule has 0 saturated heterocycles. The summed E-state index contributed by atoms with van der Waals surface area (Å²) in [4.78, 5) is 24.2. The topological polar surface area (TPSA) is 88.4 Å². The molecule has 2 aromatic carbocycles. The van der Waals surface area contributed by atoms with E-state index in [1.807, 2.05) is 18.2 Å². The van der Waals surface area contributed by atoms with E-state index in [-0.39, 0.29) is 12.1 Å². The van der Waals surface area contributed by atoms with Crippen LogP contribution in [0.2, 0.25) is 0 Å². The number of hydrazone groups is 1. The number of nitrogens with zero attached hydrogens (tertiary/aromatic N) is 2. The van der Waals surface area contributed by atoms with Crippen LogP contribution in [0.1, 0.15) is 28.4 Å². The lowest BCUT2D eigenvalue weighted by molar-refractivity contribution is -0.132. The first kappa shape index (κ1) is 18.6. The molecular formula is C20H20N2O5.